The van der Waals surface area contributed by atoms with Gasteiger partial charge in [0.05, 0.1) is 12.3 Å². The van der Waals surface area contributed by atoms with Crippen LogP contribution in [-0.4, -0.2) is 24.2 Å². The maximum Gasteiger partial charge on any atom is 0.137 e. The lowest BCUT2D eigenvalue weighted by Gasteiger charge is -2.14. The Morgan fingerprint density at radius 2 is 2.33 bits per heavy atom. The third kappa shape index (κ3) is 5.37. The molecular formula is C12H20N2O. The minimum absolute atomic E-state index is 0.235. The van der Waals surface area contributed by atoms with E-state index in [0.29, 0.717) is 0 Å². The summed E-state index contributed by atoms with van der Waals surface area (Å²) in [5.41, 5.74) is 0. The summed E-state index contributed by atoms with van der Waals surface area (Å²) in [4.78, 5) is 4.01. The van der Waals surface area contributed by atoms with Gasteiger partial charge in [-0.05, 0) is 45.0 Å². The van der Waals surface area contributed by atoms with Crippen LogP contribution in [0.25, 0.3) is 0 Å². The fourth-order valence-electron chi connectivity index (χ4n) is 1.32. The molecule has 0 spiro atoms. The van der Waals surface area contributed by atoms with Crippen LogP contribution in [0.4, 0.5) is 0 Å². The Labute approximate surface area is 91.9 Å². The quantitative estimate of drug-likeness (QED) is 0.698. The van der Waals surface area contributed by atoms with E-state index in [-0.39, 0.29) is 6.10 Å². The molecule has 15 heavy (non-hydrogen) atoms. The molecule has 0 aliphatic heterocycles. The van der Waals surface area contributed by atoms with Crippen molar-refractivity contribution < 1.29 is 4.74 Å². The van der Waals surface area contributed by atoms with Crippen molar-refractivity contribution in [1.82, 2.24) is 10.3 Å². The van der Waals surface area contributed by atoms with Crippen molar-refractivity contribution in [3.05, 3.63) is 24.5 Å². The fourth-order valence-corrected chi connectivity index (χ4v) is 1.32. The zero-order chi connectivity index (χ0) is 10.9. The third-order valence-corrected chi connectivity index (χ3v) is 2.13. The summed E-state index contributed by atoms with van der Waals surface area (Å²) in [5.74, 6) is 0.848. The summed E-state index contributed by atoms with van der Waals surface area (Å²) in [6.07, 6.45) is 5.93. The van der Waals surface area contributed by atoms with Gasteiger partial charge in [0.2, 0.25) is 0 Å². The topological polar surface area (TPSA) is 34.1 Å². The third-order valence-electron chi connectivity index (χ3n) is 2.13. The highest BCUT2D eigenvalue weighted by Crippen LogP contribution is 2.10. The first-order valence-electron chi connectivity index (χ1n) is 5.60. The molecule has 3 nitrogen and oxygen atoms in total. The molecule has 1 atom stereocenters. The lowest BCUT2D eigenvalue weighted by atomic mass is 10.3. The van der Waals surface area contributed by atoms with Gasteiger partial charge >= 0.3 is 0 Å². The zero-order valence-electron chi connectivity index (χ0n) is 9.57. The Bertz CT molecular complexity index is 251. The van der Waals surface area contributed by atoms with Crippen LogP contribution in [0, 0.1) is 0 Å². The van der Waals surface area contributed by atoms with Crippen LogP contribution in [0.3, 0.4) is 0 Å². The Kier molecular flexibility index (Phi) is 5.78. The summed E-state index contributed by atoms with van der Waals surface area (Å²) >= 11 is 0. The standard InChI is InChI=1S/C12H20N2O/c1-3-7-13-9-6-11(2)15-12-5-4-8-14-10-12/h4-5,8,10-11,13H,3,6-7,9H2,1-2H3. The van der Waals surface area contributed by atoms with Gasteiger partial charge in [0.15, 0.2) is 0 Å². The van der Waals surface area contributed by atoms with Gasteiger partial charge in [0.25, 0.3) is 0 Å². The number of nitrogens with zero attached hydrogens (tertiary/aromatic N) is 1. The normalized spacial score (nSPS) is 12.4. The second-order valence-electron chi connectivity index (χ2n) is 3.66. The molecule has 1 rings (SSSR count). The Hall–Kier alpha value is -1.09. The Morgan fingerprint density at radius 3 is 3.00 bits per heavy atom. The van der Waals surface area contributed by atoms with E-state index in [4.69, 9.17) is 4.74 Å². The first-order valence-corrected chi connectivity index (χ1v) is 5.60. The van der Waals surface area contributed by atoms with Crippen molar-refractivity contribution >= 4 is 0 Å². The number of nitrogens with one attached hydrogen (secondary N) is 1. The van der Waals surface area contributed by atoms with E-state index in [1.165, 1.54) is 6.42 Å². The largest absolute Gasteiger partial charge is 0.489 e. The molecule has 0 amide bonds. The predicted octanol–water partition coefficient (Wildman–Crippen LogP) is 2.24. The van der Waals surface area contributed by atoms with Gasteiger partial charge in [-0.1, -0.05) is 6.92 Å². The molecule has 0 aromatic carbocycles. The average Bonchev–Trinajstić information content (AvgIpc) is 2.26. The van der Waals surface area contributed by atoms with E-state index < -0.39 is 0 Å². The van der Waals surface area contributed by atoms with E-state index in [2.05, 4.69) is 24.1 Å². The van der Waals surface area contributed by atoms with Crippen molar-refractivity contribution in [2.45, 2.75) is 32.8 Å². The summed E-state index contributed by atoms with van der Waals surface area (Å²) in [5, 5.41) is 3.36. The van der Waals surface area contributed by atoms with E-state index in [0.717, 1.165) is 25.3 Å². The van der Waals surface area contributed by atoms with Gasteiger partial charge in [-0.2, -0.15) is 0 Å². The van der Waals surface area contributed by atoms with E-state index in [9.17, 15) is 0 Å². The molecule has 0 saturated carbocycles. The number of hydrogen-bond acceptors (Lipinski definition) is 3. The van der Waals surface area contributed by atoms with Crippen molar-refractivity contribution in [3.63, 3.8) is 0 Å². The van der Waals surface area contributed by atoms with Gasteiger partial charge in [-0.25, -0.2) is 0 Å². The molecule has 0 bridgehead atoms. The molecule has 0 saturated heterocycles. The molecule has 1 aromatic heterocycles. The molecule has 0 radical (unpaired) electrons. The molecule has 0 fully saturated rings. The number of aromatic nitrogens is 1. The summed E-state index contributed by atoms with van der Waals surface area (Å²) in [6, 6.07) is 3.82. The van der Waals surface area contributed by atoms with Crippen molar-refractivity contribution in [3.8, 4) is 5.75 Å². The summed E-state index contributed by atoms with van der Waals surface area (Å²) in [7, 11) is 0. The second-order valence-corrected chi connectivity index (χ2v) is 3.66. The first-order chi connectivity index (χ1) is 7.33. The van der Waals surface area contributed by atoms with Gasteiger partial charge in [0, 0.05) is 6.20 Å². The Balaban J connectivity index is 2.16. The van der Waals surface area contributed by atoms with Gasteiger partial charge < -0.3 is 10.1 Å². The summed E-state index contributed by atoms with van der Waals surface area (Å²) in [6.45, 7) is 6.35. The second kappa shape index (κ2) is 7.23. The van der Waals surface area contributed by atoms with Crippen LogP contribution in [0.2, 0.25) is 0 Å². The van der Waals surface area contributed by atoms with E-state index in [1.54, 1.807) is 12.4 Å². The minimum Gasteiger partial charge on any atom is -0.489 e. The molecule has 1 aromatic rings. The molecule has 3 heteroatoms. The highest BCUT2D eigenvalue weighted by molar-refractivity contribution is 5.15. The maximum absolute atomic E-state index is 5.69. The predicted molar refractivity (Wildman–Crippen MR) is 62.1 cm³/mol. The number of ether oxygens (including phenoxy) is 1. The molecule has 1 unspecified atom stereocenters. The first kappa shape index (κ1) is 12.0. The summed E-state index contributed by atoms with van der Waals surface area (Å²) < 4.78 is 5.69. The van der Waals surface area contributed by atoms with Gasteiger partial charge in [-0.15, -0.1) is 0 Å². The maximum atomic E-state index is 5.69. The number of hydrogen-bond donors (Lipinski definition) is 1. The van der Waals surface area contributed by atoms with Crippen molar-refractivity contribution in [2.75, 3.05) is 13.1 Å². The molecule has 0 aliphatic rings. The highest BCUT2D eigenvalue weighted by Gasteiger charge is 2.02. The average molecular weight is 208 g/mol. The van der Waals surface area contributed by atoms with Crippen molar-refractivity contribution in [2.24, 2.45) is 0 Å². The monoisotopic (exact) mass is 208 g/mol. The van der Waals surface area contributed by atoms with Crippen LogP contribution in [0.15, 0.2) is 24.5 Å². The van der Waals surface area contributed by atoms with E-state index >= 15 is 0 Å². The molecule has 1 N–H and O–H groups in total. The molecule has 0 aliphatic carbocycles. The SMILES string of the molecule is CCCNCCC(C)Oc1cccnc1. The van der Waals surface area contributed by atoms with Crippen molar-refractivity contribution in [1.29, 1.82) is 0 Å². The highest BCUT2D eigenvalue weighted by atomic mass is 16.5. The Morgan fingerprint density at radius 1 is 1.47 bits per heavy atom. The van der Waals surface area contributed by atoms with Gasteiger partial charge in [-0.3, -0.25) is 4.98 Å². The number of pyridine rings is 1. The minimum atomic E-state index is 0.235. The zero-order valence-corrected chi connectivity index (χ0v) is 9.57. The number of rotatable bonds is 7. The lowest BCUT2D eigenvalue weighted by Crippen LogP contribution is -2.22. The van der Waals surface area contributed by atoms with Crippen LogP contribution in [0.5, 0.6) is 5.75 Å². The van der Waals surface area contributed by atoms with Crippen LogP contribution in [-0.2, 0) is 0 Å². The smallest absolute Gasteiger partial charge is 0.137 e. The van der Waals surface area contributed by atoms with Gasteiger partial charge in [0.1, 0.15) is 5.75 Å². The lowest BCUT2D eigenvalue weighted by molar-refractivity contribution is 0.209. The fraction of sp³-hybridized carbons (Fsp3) is 0.583. The van der Waals surface area contributed by atoms with Crippen LogP contribution < -0.4 is 10.1 Å². The van der Waals surface area contributed by atoms with Crippen LogP contribution in [0.1, 0.15) is 26.7 Å². The van der Waals surface area contributed by atoms with Crippen LogP contribution >= 0.6 is 0 Å². The molecule has 84 valence electrons. The van der Waals surface area contributed by atoms with E-state index in [1.807, 2.05) is 12.1 Å². The molecular weight excluding hydrogens is 188 g/mol. The molecule has 1 heterocycles.